The number of amides is 1. The van der Waals surface area contributed by atoms with E-state index < -0.39 is 0 Å². The summed E-state index contributed by atoms with van der Waals surface area (Å²) in [5, 5.41) is 7.72. The average molecular weight is 431 g/mol. The van der Waals surface area contributed by atoms with Gasteiger partial charge in [0.1, 0.15) is 17.3 Å². The normalized spacial score (nSPS) is 10.7. The van der Waals surface area contributed by atoms with Crippen molar-refractivity contribution in [3.8, 4) is 28.4 Å². The summed E-state index contributed by atoms with van der Waals surface area (Å²) in [6.07, 6.45) is 4.39. The molecule has 7 nitrogen and oxygen atoms in total. The third-order valence-corrected chi connectivity index (χ3v) is 5.13. The second kappa shape index (κ2) is 9.87. The first-order valence-electron chi connectivity index (χ1n) is 10.3. The van der Waals surface area contributed by atoms with Gasteiger partial charge in [-0.15, -0.1) is 0 Å². The van der Waals surface area contributed by atoms with Crippen molar-refractivity contribution in [1.29, 1.82) is 0 Å². The van der Waals surface area contributed by atoms with Crippen molar-refractivity contribution in [2.24, 2.45) is 0 Å². The van der Waals surface area contributed by atoms with E-state index in [1.54, 1.807) is 26.5 Å². The molecule has 32 heavy (non-hydrogen) atoms. The second-order valence-electron chi connectivity index (χ2n) is 7.21. The van der Waals surface area contributed by atoms with Gasteiger partial charge in [-0.05, 0) is 54.4 Å². The van der Waals surface area contributed by atoms with Gasteiger partial charge in [-0.25, -0.2) is 4.68 Å². The summed E-state index contributed by atoms with van der Waals surface area (Å²) in [7, 11) is 3.25. The topological polar surface area (TPSA) is 78.5 Å². The molecule has 0 aliphatic heterocycles. The molecule has 1 N–H and O–H groups in total. The lowest BCUT2D eigenvalue weighted by Crippen LogP contribution is -2.22. The van der Waals surface area contributed by atoms with Gasteiger partial charge >= 0.3 is 0 Å². The zero-order valence-electron chi connectivity index (χ0n) is 18.1. The third-order valence-electron chi connectivity index (χ3n) is 5.13. The third kappa shape index (κ3) is 4.83. The maximum absolute atomic E-state index is 12.4. The number of benzene rings is 2. The van der Waals surface area contributed by atoms with Gasteiger partial charge < -0.3 is 19.2 Å². The summed E-state index contributed by atoms with van der Waals surface area (Å²) in [6, 6.07) is 19.1. The van der Waals surface area contributed by atoms with E-state index >= 15 is 0 Å². The predicted molar refractivity (Wildman–Crippen MR) is 121 cm³/mol. The molecule has 0 saturated carbocycles. The number of rotatable bonds is 9. The average Bonchev–Trinajstić information content (AvgIpc) is 3.51. The van der Waals surface area contributed by atoms with Crippen LogP contribution in [0.5, 0.6) is 11.5 Å². The molecule has 2 aromatic heterocycles. The quantitative estimate of drug-likeness (QED) is 0.425. The molecule has 2 heterocycles. The molecule has 0 aliphatic rings. The fourth-order valence-corrected chi connectivity index (χ4v) is 3.47. The summed E-state index contributed by atoms with van der Waals surface area (Å²) in [5.41, 5.74) is 3.44. The van der Waals surface area contributed by atoms with Crippen LogP contribution in [0.2, 0.25) is 0 Å². The number of nitrogens with zero attached hydrogens (tertiary/aromatic N) is 2. The Morgan fingerprint density at radius 3 is 2.62 bits per heavy atom. The van der Waals surface area contributed by atoms with Gasteiger partial charge in [0.05, 0.1) is 38.4 Å². The first kappa shape index (κ1) is 21.2. The van der Waals surface area contributed by atoms with E-state index in [4.69, 9.17) is 19.0 Å². The minimum Gasteiger partial charge on any atom is -0.497 e. The molecule has 164 valence electrons. The molecular formula is C25H25N3O4. The number of nitrogens with one attached hydrogen (secondary N) is 1. The van der Waals surface area contributed by atoms with Crippen LogP contribution in [0.1, 0.15) is 17.7 Å². The molecule has 0 aliphatic carbocycles. The molecule has 7 heteroatoms. The van der Waals surface area contributed by atoms with E-state index in [-0.39, 0.29) is 5.91 Å². The summed E-state index contributed by atoms with van der Waals surface area (Å²) >= 11 is 0. The zero-order chi connectivity index (χ0) is 22.3. The van der Waals surface area contributed by atoms with Crippen molar-refractivity contribution in [1.82, 2.24) is 15.1 Å². The van der Waals surface area contributed by atoms with E-state index in [2.05, 4.69) is 5.32 Å². The van der Waals surface area contributed by atoms with Crippen molar-refractivity contribution in [3.63, 3.8) is 0 Å². The van der Waals surface area contributed by atoms with Gasteiger partial charge in [-0.3, -0.25) is 4.79 Å². The van der Waals surface area contributed by atoms with Crippen molar-refractivity contribution >= 4 is 5.91 Å². The highest BCUT2D eigenvalue weighted by molar-refractivity contribution is 5.77. The maximum Gasteiger partial charge on any atom is 0.220 e. The van der Waals surface area contributed by atoms with Gasteiger partial charge in [0, 0.05) is 18.2 Å². The smallest absolute Gasteiger partial charge is 0.220 e. The minimum atomic E-state index is -0.0579. The highest BCUT2D eigenvalue weighted by Crippen LogP contribution is 2.35. The molecule has 0 unspecified atom stereocenters. The van der Waals surface area contributed by atoms with Crippen molar-refractivity contribution in [2.45, 2.75) is 19.4 Å². The van der Waals surface area contributed by atoms with Crippen LogP contribution in [0.15, 0.2) is 77.5 Å². The van der Waals surface area contributed by atoms with Gasteiger partial charge in [0.15, 0.2) is 0 Å². The van der Waals surface area contributed by atoms with E-state index in [9.17, 15) is 4.79 Å². The summed E-state index contributed by atoms with van der Waals surface area (Å²) in [5.74, 6) is 2.05. The second-order valence-corrected chi connectivity index (χ2v) is 7.21. The molecule has 4 rings (SSSR count). The molecule has 0 bridgehead atoms. The van der Waals surface area contributed by atoms with Crippen LogP contribution in [0, 0.1) is 0 Å². The number of aromatic nitrogens is 2. The fraction of sp³-hybridized carbons (Fsp3) is 0.200. The number of ether oxygens (including phenoxy) is 2. The van der Waals surface area contributed by atoms with E-state index in [1.165, 1.54) is 0 Å². The molecule has 0 saturated heterocycles. The lowest BCUT2D eigenvalue weighted by Gasteiger charge is -2.10. The fourth-order valence-electron chi connectivity index (χ4n) is 3.47. The molecule has 4 aromatic rings. The first-order chi connectivity index (χ1) is 15.7. The molecule has 0 fully saturated rings. The zero-order valence-corrected chi connectivity index (χ0v) is 18.1. The number of carbonyl (C=O) groups is 1. The molecule has 0 atom stereocenters. The van der Waals surface area contributed by atoms with Crippen LogP contribution in [0.25, 0.3) is 16.9 Å². The van der Waals surface area contributed by atoms with E-state index in [0.717, 1.165) is 28.3 Å². The number of aryl methyl sites for hydroxylation is 1. The highest BCUT2D eigenvalue weighted by Gasteiger charge is 2.18. The SMILES string of the molecule is COc1ccc(OC)c(-c2nn(-c3ccccc3)cc2CCC(=O)NCc2ccco2)c1. The van der Waals surface area contributed by atoms with Gasteiger partial charge in [-0.1, -0.05) is 18.2 Å². The van der Waals surface area contributed by atoms with Crippen LogP contribution >= 0.6 is 0 Å². The Morgan fingerprint density at radius 2 is 1.91 bits per heavy atom. The van der Waals surface area contributed by atoms with Crippen LogP contribution in [-0.2, 0) is 17.8 Å². The number of carbonyl (C=O) groups excluding carboxylic acids is 1. The van der Waals surface area contributed by atoms with Crippen molar-refractivity contribution in [3.05, 3.63) is 84.4 Å². The van der Waals surface area contributed by atoms with Gasteiger partial charge in [-0.2, -0.15) is 5.10 Å². The van der Waals surface area contributed by atoms with E-state index in [0.29, 0.717) is 30.9 Å². The summed E-state index contributed by atoms with van der Waals surface area (Å²) < 4.78 is 18.1. The van der Waals surface area contributed by atoms with Crippen LogP contribution in [-0.4, -0.2) is 29.9 Å². The molecular weight excluding hydrogens is 406 g/mol. The molecule has 2 aromatic carbocycles. The molecule has 1 amide bonds. The lowest BCUT2D eigenvalue weighted by atomic mass is 10.0. The van der Waals surface area contributed by atoms with Crippen molar-refractivity contribution < 1.29 is 18.7 Å². The monoisotopic (exact) mass is 431 g/mol. The Labute approximate surface area is 186 Å². The van der Waals surface area contributed by atoms with Gasteiger partial charge in [0.25, 0.3) is 0 Å². The highest BCUT2D eigenvalue weighted by atomic mass is 16.5. The molecule has 0 spiro atoms. The lowest BCUT2D eigenvalue weighted by molar-refractivity contribution is -0.121. The first-order valence-corrected chi connectivity index (χ1v) is 10.3. The maximum atomic E-state index is 12.4. The Bertz CT molecular complexity index is 1170. The minimum absolute atomic E-state index is 0.0579. The van der Waals surface area contributed by atoms with E-state index in [1.807, 2.05) is 65.5 Å². The Balaban J connectivity index is 1.62. The van der Waals surface area contributed by atoms with Crippen LogP contribution < -0.4 is 14.8 Å². The molecule has 0 radical (unpaired) electrons. The Kier molecular flexibility index (Phi) is 6.55. The van der Waals surface area contributed by atoms with Crippen LogP contribution in [0.3, 0.4) is 0 Å². The Morgan fingerprint density at radius 1 is 1.06 bits per heavy atom. The standard InChI is InChI=1S/C25H25N3O4/c1-30-20-11-12-23(31-2)22(15-20)25-18(17-28(27-25)19-7-4-3-5-8-19)10-13-24(29)26-16-21-9-6-14-32-21/h3-9,11-12,14-15,17H,10,13,16H2,1-2H3,(H,26,29). The summed E-state index contributed by atoms with van der Waals surface area (Å²) in [6.45, 7) is 0.367. The van der Waals surface area contributed by atoms with Crippen molar-refractivity contribution in [2.75, 3.05) is 14.2 Å². The number of furan rings is 1. The Hall–Kier alpha value is -4.00. The number of hydrogen-bond acceptors (Lipinski definition) is 5. The predicted octanol–water partition coefficient (Wildman–Crippen LogP) is 4.40. The van der Waals surface area contributed by atoms with Gasteiger partial charge in [0.2, 0.25) is 5.91 Å². The number of hydrogen-bond donors (Lipinski definition) is 1. The largest absolute Gasteiger partial charge is 0.497 e. The number of para-hydroxylation sites is 1. The number of methoxy groups -OCH3 is 2. The van der Waals surface area contributed by atoms with Crippen LogP contribution in [0.4, 0.5) is 0 Å². The summed E-state index contributed by atoms with van der Waals surface area (Å²) in [4.78, 5) is 12.4.